The third-order valence-electron chi connectivity index (χ3n) is 5.39. The van der Waals surface area contributed by atoms with Crippen LogP contribution in [0.25, 0.3) is 0 Å². The van der Waals surface area contributed by atoms with Gasteiger partial charge in [-0.05, 0) is 49.6 Å². The molecule has 1 aliphatic heterocycles. The fourth-order valence-corrected chi connectivity index (χ4v) is 3.89. The molecule has 1 aliphatic rings. The van der Waals surface area contributed by atoms with E-state index < -0.39 is 0 Å². The number of likely N-dealkylation sites (tertiary alicyclic amines) is 1. The summed E-state index contributed by atoms with van der Waals surface area (Å²) in [4.78, 5) is 39.7. The first-order chi connectivity index (χ1) is 15.0. The molecule has 0 aliphatic carbocycles. The second-order valence-corrected chi connectivity index (χ2v) is 8.16. The van der Waals surface area contributed by atoms with Gasteiger partial charge in [0.2, 0.25) is 5.91 Å². The lowest BCUT2D eigenvalue weighted by Crippen LogP contribution is -2.45. The van der Waals surface area contributed by atoms with Crippen molar-refractivity contribution in [2.45, 2.75) is 32.6 Å². The van der Waals surface area contributed by atoms with Crippen LogP contribution in [0.2, 0.25) is 5.02 Å². The van der Waals surface area contributed by atoms with Gasteiger partial charge in [-0.25, -0.2) is 0 Å². The van der Waals surface area contributed by atoms with Crippen molar-refractivity contribution in [2.75, 3.05) is 25.0 Å². The van der Waals surface area contributed by atoms with Crippen LogP contribution in [0.3, 0.4) is 0 Å². The van der Waals surface area contributed by atoms with E-state index in [1.807, 2.05) is 0 Å². The number of nitrogens with one attached hydrogen (secondary N) is 2. The van der Waals surface area contributed by atoms with Crippen LogP contribution in [-0.4, -0.2) is 42.3 Å². The molecule has 1 saturated heterocycles. The molecule has 7 heteroatoms. The molecule has 2 aromatic carbocycles. The van der Waals surface area contributed by atoms with Gasteiger partial charge in [0.05, 0.1) is 16.5 Å². The van der Waals surface area contributed by atoms with E-state index in [0.29, 0.717) is 41.5 Å². The Hall–Kier alpha value is -2.86. The van der Waals surface area contributed by atoms with Gasteiger partial charge in [-0.1, -0.05) is 43.1 Å². The van der Waals surface area contributed by atoms with E-state index in [1.165, 1.54) is 0 Å². The van der Waals surface area contributed by atoms with Crippen molar-refractivity contribution in [2.24, 2.45) is 5.92 Å². The SMILES string of the molecule is CCCCNC(=O)C1CCCN(C(=O)c2cccc(NC(=O)c3ccccc3Cl)c2)C1. The van der Waals surface area contributed by atoms with Crippen LogP contribution >= 0.6 is 11.6 Å². The first kappa shape index (κ1) is 22.8. The molecular weight excluding hydrogens is 414 g/mol. The summed E-state index contributed by atoms with van der Waals surface area (Å²) in [6, 6.07) is 13.6. The topological polar surface area (TPSA) is 78.5 Å². The number of nitrogens with zero attached hydrogens (tertiary/aromatic N) is 1. The summed E-state index contributed by atoms with van der Waals surface area (Å²) in [5, 5.41) is 6.13. The number of anilines is 1. The highest BCUT2D eigenvalue weighted by Crippen LogP contribution is 2.21. The number of carbonyl (C=O) groups excluding carboxylic acids is 3. The van der Waals surface area contributed by atoms with E-state index in [4.69, 9.17) is 11.6 Å². The Morgan fingerprint density at radius 3 is 2.71 bits per heavy atom. The maximum atomic E-state index is 13.1. The monoisotopic (exact) mass is 441 g/mol. The number of halogens is 1. The Morgan fingerprint density at radius 1 is 1.13 bits per heavy atom. The Kier molecular flexibility index (Phi) is 8.06. The Labute approximate surface area is 188 Å². The zero-order valence-corrected chi connectivity index (χ0v) is 18.5. The van der Waals surface area contributed by atoms with Gasteiger partial charge >= 0.3 is 0 Å². The molecular formula is C24H28ClN3O3. The van der Waals surface area contributed by atoms with Gasteiger partial charge in [0.15, 0.2) is 0 Å². The predicted octanol–water partition coefficient (Wildman–Crippen LogP) is 4.36. The van der Waals surface area contributed by atoms with Crippen molar-refractivity contribution in [1.82, 2.24) is 10.2 Å². The second kappa shape index (κ2) is 11.0. The number of hydrogen-bond donors (Lipinski definition) is 2. The largest absolute Gasteiger partial charge is 0.356 e. The van der Waals surface area contributed by atoms with E-state index in [1.54, 1.807) is 53.4 Å². The number of piperidine rings is 1. The molecule has 0 spiro atoms. The Morgan fingerprint density at radius 2 is 1.94 bits per heavy atom. The molecule has 0 aromatic heterocycles. The second-order valence-electron chi connectivity index (χ2n) is 7.75. The molecule has 2 N–H and O–H groups in total. The van der Waals surface area contributed by atoms with Crippen molar-refractivity contribution in [3.8, 4) is 0 Å². The van der Waals surface area contributed by atoms with E-state index in [-0.39, 0.29) is 23.6 Å². The first-order valence-corrected chi connectivity index (χ1v) is 11.1. The number of benzene rings is 2. The minimum atomic E-state index is -0.336. The van der Waals surface area contributed by atoms with Crippen LogP contribution in [0.1, 0.15) is 53.3 Å². The average molecular weight is 442 g/mol. The summed E-state index contributed by atoms with van der Waals surface area (Å²) in [5.74, 6) is -0.638. The van der Waals surface area contributed by atoms with Crippen LogP contribution in [0.4, 0.5) is 5.69 Å². The molecule has 3 rings (SSSR count). The molecule has 0 saturated carbocycles. The van der Waals surface area contributed by atoms with Crippen molar-refractivity contribution in [3.05, 3.63) is 64.7 Å². The molecule has 1 unspecified atom stereocenters. The quantitative estimate of drug-likeness (QED) is 0.626. The summed E-state index contributed by atoms with van der Waals surface area (Å²) in [6.07, 6.45) is 3.56. The lowest BCUT2D eigenvalue weighted by molar-refractivity contribution is -0.126. The first-order valence-electron chi connectivity index (χ1n) is 10.7. The molecule has 1 atom stereocenters. The number of hydrogen-bond acceptors (Lipinski definition) is 3. The minimum Gasteiger partial charge on any atom is -0.356 e. The van der Waals surface area contributed by atoms with E-state index in [9.17, 15) is 14.4 Å². The fraction of sp³-hybridized carbons (Fsp3) is 0.375. The van der Waals surface area contributed by atoms with Crippen LogP contribution in [0.15, 0.2) is 48.5 Å². The van der Waals surface area contributed by atoms with Crippen LogP contribution < -0.4 is 10.6 Å². The Bertz CT molecular complexity index is 947. The van der Waals surface area contributed by atoms with Gasteiger partial charge in [-0.2, -0.15) is 0 Å². The van der Waals surface area contributed by atoms with Crippen LogP contribution in [-0.2, 0) is 4.79 Å². The molecule has 0 bridgehead atoms. The number of rotatable bonds is 7. The van der Waals surface area contributed by atoms with Gasteiger partial charge in [0, 0.05) is 30.9 Å². The van der Waals surface area contributed by atoms with E-state index >= 15 is 0 Å². The molecule has 1 fully saturated rings. The van der Waals surface area contributed by atoms with Crippen LogP contribution in [0.5, 0.6) is 0 Å². The predicted molar refractivity (Wildman–Crippen MR) is 122 cm³/mol. The maximum Gasteiger partial charge on any atom is 0.257 e. The van der Waals surface area contributed by atoms with Crippen molar-refractivity contribution in [1.29, 1.82) is 0 Å². The van der Waals surface area contributed by atoms with Gasteiger partial charge < -0.3 is 15.5 Å². The third kappa shape index (κ3) is 6.07. The highest BCUT2D eigenvalue weighted by atomic mass is 35.5. The summed E-state index contributed by atoms with van der Waals surface area (Å²) >= 11 is 6.09. The van der Waals surface area contributed by atoms with Crippen molar-refractivity contribution in [3.63, 3.8) is 0 Å². The molecule has 1 heterocycles. The van der Waals surface area contributed by atoms with E-state index in [0.717, 1.165) is 25.7 Å². The standard InChI is InChI=1S/C24H28ClN3O3/c1-2-3-13-26-22(29)18-9-7-14-28(16-18)24(31)17-8-6-10-19(15-17)27-23(30)20-11-4-5-12-21(20)25/h4-6,8,10-12,15,18H,2-3,7,9,13-14,16H2,1H3,(H,26,29)(H,27,30). The highest BCUT2D eigenvalue weighted by Gasteiger charge is 2.28. The molecule has 6 nitrogen and oxygen atoms in total. The Balaban J connectivity index is 1.65. The lowest BCUT2D eigenvalue weighted by Gasteiger charge is -2.32. The summed E-state index contributed by atoms with van der Waals surface area (Å²) in [6.45, 7) is 3.78. The third-order valence-corrected chi connectivity index (χ3v) is 5.72. The summed E-state index contributed by atoms with van der Waals surface area (Å²) in [7, 11) is 0. The summed E-state index contributed by atoms with van der Waals surface area (Å²) < 4.78 is 0. The molecule has 164 valence electrons. The minimum absolute atomic E-state index is 0.0201. The maximum absolute atomic E-state index is 13.1. The van der Waals surface area contributed by atoms with Gasteiger partial charge in [-0.3, -0.25) is 14.4 Å². The zero-order valence-electron chi connectivity index (χ0n) is 17.7. The molecule has 31 heavy (non-hydrogen) atoms. The van der Waals surface area contributed by atoms with Gasteiger partial charge in [0.1, 0.15) is 0 Å². The van der Waals surface area contributed by atoms with Gasteiger partial charge in [0.25, 0.3) is 11.8 Å². The zero-order chi connectivity index (χ0) is 22.2. The number of unbranched alkanes of at least 4 members (excludes halogenated alkanes) is 1. The normalized spacial score (nSPS) is 15.9. The fourth-order valence-electron chi connectivity index (χ4n) is 3.66. The smallest absolute Gasteiger partial charge is 0.257 e. The molecule has 3 amide bonds. The molecule has 2 aromatic rings. The highest BCUT2D eigenvalue weighted by molar-refractivity contribution is 6.34. The van der Waals surface area contributed by atoms with Gasteiger partial charge in [-0.15, -0.1) is 0 Å². The van der Waals surface area contributed by atoms with Crippen LogP contribution in [0, 0.1) is 5.92 Å². The van der Waals surface area contributed by atoms with Crippen molar-refractivity contribution >= 4 is 35.0 Å². The summed E-state index contributed by atoms with van der Waals surface area (Å²) in [5.41, 5.74) is 1.36. The number of carbonyl (C=O) groups is 3. The number of amides is 3. The molecule has 0 radical (unpaired) electrons. The van der Waals surface area contributed by atoms with Crippen molar-refractivity contribution < 1.29 is 14.4 Å². The lowest BCUT2D eigenvalue weighted by atomic mass is 9.96. The average Bonchev–Trinajstić information content (AvgIpc) is 2.79. The van der Waals surface area contributed by atoms with E-state index in [2.05, 4.69) is 17.6 Å².